The van der Waals surface area contributed by atoms with Gasteiger partial charge < -0.3 is 4.74 Å². The molecule has 0 amide bonds. The van der Waals surface area contributed by atoms with Crippen LogP contribution in [0, 0.1) is 17.8 Å². The molecule has 0 spiro atoms. The zero-order valence-corrected chi connectivity index (χ0v) is 12.9. The highest BCUT2D eigenvalue weighted by Crippen LogP contribution is 2.60. The molecule has 4 saturated carbocycles. The van der Waals surface area contributed by atoms with Crippen molar-refractivity contribution in [3.63, 3.8) is 0 Å². The molecule has 0 N–H and O–H groups in total. The van der Waals surface area contributed by atoms with E-state index < -0.39 is 0 Å². The van der Waals surface area contributed by atoms with Crippen LogP contribution >= 0.6 is 15.9 Å². The van der Waals surface area contributed by atoms with Crippen LogP contribution in [-0.2, 0) is 5.41 Å². The number of hydrogen-bond donors (Lipinski definition) is 0. The van der Waals surface area contributed by atoms with Gasteiger partial charge in [0.05, 0.1) is 0 Å². The van der Waals surface area contributed by atoms with Gasteiger partial charge in [0, 0.05) is 0 Å². The third-order valence-electron chi connectivity index (χ3n) is 5.71. The Morgan fingerprint density at radius 2 is 1.68 bits per heavy atom. The third-order valence-corrected chi connectivity index (χ3v) is 5.93. The predicted molar refractivity (Wildman–Crippen MR) is 80.7 cm³/mol. The van der Waals surface area contributed by atoms with E-state index in [1.165, 1.54) is 38.5 Å². The number of alkyl halides is 1. The molecule has 4 bridgehead atoms. The summed E-state index contributed by atoms with van der Waals surface area (Å²) in [6, 6.07) is 8.89. The third kappa shape index (κ3) is 2.03. The summed E-state index contributed by atoms with van der Waals surface area (Å²) in [7, 11) is 0. The van der Waals surface area contributed by atoms with E-state index in [0.29, 0.717) is 10.9 Å². The van der Waals surface area contributed by atoms with E-state index in [1.54, 1.807) is 5.56 Å². The van der Waals surface area contributed by atoms with E-state index >= 15 is 0 Å². The van der Waals surface area contributed by atoms with E-state index in [2.05, 4.69) is 40.2 Å². The summed E-state index contributed by atoms with van der Waals surface area (Å²) in [5, 5.41) is 0. The first kappa shape index (κ1) is 12.3. The fraction of sp³-hybridized carbons (Fsp3) is 0.647. The smallest absolute Gasteiger partial charge is 0.143 e. The van der Waals surface area contributed by atoms with Crippen molar-refractivity contribution in [1.82, 2.24) is 0 Å². The van der Waals surface area contributed by atoms with Crippen LogP contribution in [0.5, 0.6) is 5.75 Å². The first-order chi connectivity index (χ1) is 9.27. The standard InChI is InChI=1S/C17H21BrO/c18-11-19-16-3-1-2-15(7-16)17-8-12-4-13(9-17)6-14(5-12)10-17/h1-3,7,12-14H,4-6,8-11H2. The number of rotatable bonds is 3. The Bertz CT molecular complexity index is 447. The molecule has 4 fully saturated rings. The van der Waals surface area contributed by atoms with Crippen molar-refractivity contribution in [3.05, 3.63) is 29.8 Å². The van der Waals surface area contributed by atoms with Gasteiger partial charge in [-0.2, -0.15) is 0 Å². The van der Waals surface area contributed by atoms with Crippen molar-refractivity contribution in [2.24, 2.45) is 17.8 Å². The Kier molecular flexibility index (Phi) is 2.91. The van der Waals surface area contributed by atoms with Gasteiger partial charge in [0.15, 0.2) is 0 Å². The molecular formula is C17H21BrO. The first-order valence-electron chi connectivity index (χ1n) is 7.57. The van der Waals surface area contributed by atoms with E-state index in [9.17, 15) is 0 Å². The molecule has 0 saturated heterocycles. The molecule has 1 aromatic carbocycles. The number of benzene rings is 1. The SMILES string of the molecule is BrCOc1cccc(C23CC4CC(CC(C4)C2)C3)c1. The van der Waals surface area contributed by atoms with E-state index in [4.69, 9.17) is 4.74 Å². The molecule has 19 heavy (non-hydrogen) atoms. The van der Waals surface area contributed by atoms with Crippen molar-refractivity contribution in [2.45, 2.75) is 43.9 Å². The van der Waals surface area contributed by atoms with Gasteiger partial charge in [-0.25, -0.2) is 0 Å². The van der Waals surface area contributed by atoms with Crippen LogP contribution in [0.15, 0.2) is 24.3 Å². The molecule has 0 atom stereocenters. The maximum Gasteiger partial charge on any atom is 0.143 e. The van der Waals surface area contributed by atoms with Gasteiger partial charge in [-0.15, -0.1) is 0 Å². The Hall–Kier alpha value is -0.500. The second-order valence-electron chi connectivity index (χ2n) is 6.98. The number of ether oxygens (including phenoxy) is 1. The number of halogens is 1. The van der Waals surface area contributed by atoms with Gasteiger partial charge in [-0.3, -0.25) is 0 Å². The topological polar surface area (TPSA) is 9.23 Å². The highest BCUT2D eigenvalue weighted by molar-refractivity contribution is 9.09. The Morgan fingerprint density at radius 3 is 2.26 bits per heavy atom. The van der Waals surface area contributed by atoms with Crippen LogP contribution in [0.25, 0.3) is 0 Å². The second-order valence-corrected chi connectivity index (χ2v) is 7.44. The molecule has 5 rings (SSSR count). The Morgan fingerprint density at radius 1 is 1.05 bits per heavy atom. The zero-order valence-electron chi connectivity index (χ0n) is 11.3. The monoisotopic (exact) mass is 320 g/mol. The fourth-order valence-electron chi connectivity index (χ4n) is 5.44. The van der Waals surface area contributed by atoms with Crippen molar-refractivity contribution in [3.8, 4) is 5.75 Å². The van der Waals surface area contributed by atoms with Crippen molar-refractivity contribution in [2.75, 3.05) is 5.52 Å². The van der Waals surface area contributed by atoms with Gasteiger partial charge in [0.1, 0.15) is 11.3 Å². The minimum absolute atomic E-state index is 0.487. The maximum atomic E-state index is 5.63. The summed E-state index contributed by atoms with van der Waals surface area (Å²) in [5.41, 5.74) is 2.61. The van der Waals surface area contributed by atoms with Crippen molar-refractivity contribution < 1.29 is 4.74 Å². The summed E-state index contributed by atoms with van der Waals surface area (Å²) in [5.74, 6) is 4.04. The molecule has 4 aliphatic carbocycles. The Labute approximate surface area is 123 Å². The van der Waals surface area contributed by atoms with Gasteiger partial charge in [0.2, 0.25) is 0 Å². The minimum atomic E-state index is 0.487. The van der Waals surface area contributed by atoms with Gasteiger partial charge in [-0.05, 0) is 95.3 Å². The highest BCUT2D eigenvalue weighted by Gasteiger charge is 2.51. The molecule has 1 nitrogen and oxygen atoms in total. The van der Waals surface area contributed by atoms with E-state index in [1.807, 2.05) is 0 Å². The molecule has 1 aromatic rings. The lowest BCUT2D eigenvalue weighted by atomic mass is 9.48. The van der Waals surface area contributed by atoms with Crippen LogP contribution in [0.4, 0.5) is 0 Å². The number of hydrogen-bond acceptors (Lipinski definition) is 1. The van der Waals surface area contributed by atoms with Crippen LogP contribution in [0.1, 0.15) is 44.1 Å². The summed E-state index contributed by atoms with van der Waals surface area (Å²) < 4.78 is 5.63. The largest absolute Gasteiger partial charge is 0.482 e. The zero-order chi connectivity index (χ0) is 12.9. The summed E-state index contributed by atoms with van der Waals surface area (Å²) in [6.07, 6.45) is 8.81. The molecular weight excluding hydrogens is 300 g/mol. The summed E-state index contributed by atoms with van der Waals surface area (Å²) in [4.78, 5) is 0. The molecule has 0 aromatic heterocycles. The van der Waals surface area contributed by atoms with Crippen molar-refractivity contribution >= 4 is 15.9 Å². The normalized spacial score (nSPS) is 39.5. The van der Waals surface area contributed by atoms with Crippen molar-refractivity contribution in [1.29, 1.82) is 0 Å². The van der Waals surface area contributed by atoms with Crippen LogP contribution in [0.2, 0.25) is 0 Å². The van der Waals surface area contributed by atoms with Gasteiger partial charge in [-0.1, -0.05) is 12.1 Å². The quantitative estimate of drug-likeness (QED) is 0.721. The Balaban J connectivity index is 1.69. The van der Waals surface area contributed by atoms with Crippen LogP contribution in [-0.4, -0.2) is 5.52 Å². The first-order valence-corrected chi connectivity index (χ1v) is 8.69. The summed E-state index contributed by atoms with van der Waals surface area (Å²) in [6.45, 7) is 0. The van der Waals surface area contributed by atoms with E-state index in [0.717, 1.165) is 23.5 Å². The molecule has 0 aliphatic heterocycles. The molecule has 2 heteroatoms. The lowest BCUT2D eigenvalue weighted by Gasteiger charge is -2.57. The lowest BCUT2D eigenvalue weighted by Crippen LogP contribution is -2.48. The fourth-order valence-corrected chi connectivity index (χ4v) is 5.71. The average molecular weight is 321 g/mol. The van der Waals surface area contributed by atoms with Crippen LogP contribution in [0.3, 0.4) is 0 Å². The molecule has 0 heterocycles. The average Bonchev–Trinajstić information content (AvgIpc) is 2.38. The summed E-state index contributed by atoms with van der Waals surface area (Å²) >= 11 is 3.35. The maximum absolute atomic E-state index is 5.63. The minimum Gasteiger partial charge on any atom is -0.482 e. The molecule has 0 radical (unpaired) electrons. The molecule has 102 valence electrons. The highest BCUT2D eigenvalue weighted by atomic mass is 79.9. The predicted octanol–water partition coefficient (Wildman–Crippen LogP) is 4.89. The van der Waals surface area contributed by atoms with E-state index in [-0.39, 0.29) is 0 Å². The van der Waals surface area contributed by atoms with Gasteiger partial charge >= 0.3 is 0 Å². The lowest BCUT2D eigenvalue weighted by molar-refractivity contribution is -0.00527. The second kappa shape index (κ2) is 4.51. The van der Waals surface area contributed by atoms with Crippen LogP contribution < -0.4 is 4.74 Å². The van der Waals surface area contributed by atoms with Gasteiger partial charge in [0.25, 0.3) is 0 Å². The molecule has 4 aliphatic rings. The molecule has 0 unspecified atom stereocenters.